The Kier molecular flexibility index (Phi) is 5.79. The summed E-state index contributed by atoms with van der Waals surface area (Å²) in [6.45, 7) is 5.04. The van der Waals surface area contributed by atoms with Gasteiger partial charge in [-0.05, 0) is 36.2 Å². The lowest BCUT2D eigenvalue weighted by atomic mass is 10.0. The third kappa shape index (κ3) is 3.79. The van der Waals surface area contributed by atoms with Gasteiger partial charge in [0.1, 0.15) is 17.3 Å². The number of imide groups is 1. The van der Waals surface area contributed by atoms with Gasteiger partial charge < -0.3 is 9.80 Å². The number of unbranched alkanes of at least 4 members (excludes halogenated alkanes) is 1. The predicted octanol–water partition coefficient (Wildman–Crippen LogP) is 2.92. The molecule has 0 atom stereocenters. The van der Waals surface area contributed by atoms with Gasteiger partial charge in [-0.3, -0.25) is 14.5 Å². The Morgan fingerprint density at radius 2 is 1.63 bits per heavy atom. The van der Waals surface area contributed by atoms with Crippen LogP contribution >= 0.6 is 0 Å². The Morgan fingerprint density at radius 3 is 2.27 bits per heavy atom. The predicted molar refractivity (Wildman–Crippen MR) is 113 cm³/mol. The van der Waals surface area contributed by atoms with E-state index >= 15 is 0 Å². The van der Waals surface area contributed by atoms with Gasteiger partial charge in [-0.1, -0.05) is 31.5 Å². The zero-order valence-corrected chi connectivity index (χ0v) is 17.1. The van der Waals surface area contributed by atoms with Gasteiger partial charge in [-0.25, -0.2) is 9.37 Å². The van der Waals surface area contributed by atoms with E-state index in [1.165, 1.54) is 17.0 Å². The highest BCUT2D eigenvalue weighted by atomic mass is 19.1. The summed E-state index contributed by atoms with van der Waals surface area (Å²) >= 11 is 0. The summed E-state index contributed by atoms with van der Waals surface area (Å²) in [5.41, 5.74) is 1.39. The van der Waals surface area contributed by atoms with Crippen molar-refractivity contribution in [1.29, 1.82) is 0 Å². The van der Waals surface area contributed by atoms with E-state index in [4.69, 9.17) is 0 Å². The Bertz CT molecular complexity index is 951. The van der Waals surface area contributed by atoms with E-state index in [-0.39, 0.29) is 17.6 Å². The lowest BCUT2D eigenvalue weighted by Crippen LogP contribution is -2.48. The lowest BCUT2D eigenvalue weighted by Gasteiger charge is -2.37. The molecular formula is C23H25FN4O2. The topological polar surface area (TPSA) is 56.8 Å². The number of piperazine rings is 1. The third-order valence-corrected chi connectivity index (χ3v) is 5.58. The molecule has 1 fully saturated rings. The molecule has 7 heteroatoms. The van der Waals surface area contributed by atoms with E-state index in [2.05, 4.69) is 9.88 Å². The van der Waals surface area contributed by atoms with Crippen LogP contribution in [0.2, 0.25) is 0 Å². The van der Waals surface area contributed by atoms with Crippen LogP contribution in [0.4, 0.5) is 10.2 Å². The van der Waals surface area contributed by atoms with Gasteiger partial charge in [0.2, 0.25) is 0 Å². The minimum atomic E-state index is -0.371. The van der Waals surface area contributed by atoms with Crippen molar-refractivity contribution in [2.45, 2.75) is 19.8 Å². The van der Waals surface area contributed by atoms with Crippen molar-refractivity contribution >= 4 is 23.2 Å². The number of aromatic nitrogens is 1. The number of nitrogens with zero attached hydrogens (tertiary/aromatic N) is 4. The monoisotopic (exact) mass is 408 g/mol. The Morgan fingerprint density at radius 1 is 0.933 bits per heavy atom. The first-order chi connectivity index (χ1) is 14.6. The molecule has 2 aromatic rings. The van der Waals surface area contributed by atoms with Crippen molar-refractivity contribution in [2.24, 2.45) is 0 Å². The van der Waals surface area contributed by atoms with E-state index in [9.17, 15) is 14.0 Å². The van der Waals surface area contributed by atoms with Crippen LogP contribution in [-0.2, 0) is 9.59 Å². The lowest BCUT2D eigenvalue weighted by molar-refractivity contribution is -0.137. The molecule has 156 valence electrons. The van der Waals surface area contributed by atoms with Gasteiger partial charge in [-0.2, -0.15) is 0 Å². The van der Waals surface area contributed by atoms with Gasteiger partial charge in [0.15, 0.2) is 0 Å². The molecule has 0 radical (unpaired) electrons. The van der Waals surface area contributed by atoms with Crippen LogP contribution in [0.3, 0.4) is 0 Å². The largest absolute Gasteiger partial charge is 0.363 e. The maximum Gasteiger partial charge on any atom is 0.277 e. The second kappa shape index (κ2) is 8.65. The number of rotatable bonds is 6. The quantitative estimate of drug-likeness (QED) is 0.688. The molecule has 0 saturated carbocycles. The second-order valence-corrected chi connectivity index (χ2v) is 7.51. The SMILES string of the molecule is CCCCN1C(=O)C(c2ccc(F)cc2)=C(N2CCN(c3ccccn3)CC2)C1=O. The molecule has 4 rings (SSSR count). The molecule has 0 N–H and O–H groups in total. The number of pyridine rings is 1. The van der Waals surface area contributed by atoms with Crippen LogP contribution in [0.15, 0.2) is 54.4 Å². The Labute approximate surface area is 175 Å². The molecule has 2 aliphatic rings. The molecule has 1 aromatic heterocycles. The molecule has 2 amide bonds. The number of hydrogen-bond donors (Lipinski definition) is 0. The fourth-order valence-corrected chi connectivity index (χ4v) is 3.95. The average Bonchev–Trinajstić information content (AvgIpc) is 3.03. The van der Waals surface area contributed by atoms with Crippen LogP contribution in [0.1, 0.15) is 25.3 Å². The Balaban J connectivity index is 1.62. The summed E-state index contributed by atoms with van der Waals surface area (Å²) in [6.07, 6.45) is 3.41. The standard InChI is InChI=1S/C23H25FN4O2/c1-2-3-12-28-22(29)20(17-7-9-18(24)10-8-17)21(23(28)30)27-15-13-26(14-16-27)19-6-4-5-11-25-19/h4-11H,2-3,12-16H2,1H3. The van der Waals surface area contributed by atoms with Crippen molar-refractivity contribution in [3.05, 3.63) is 65.7 Å². The number of amides is 2. The zero-order valence-electron chi connectivity index (χ0n) is 17.1. The molecule has 3 heterocycles. The van der Waals surface area contributed by atoms with Crippen LogP contribution in [0.5, 0.6) is 0 Å². The summed E-state index contributed by atoms with van der Waals surface area (Å²) < 4.78 is 13.4. The van der Waals surface area contributed by atoms with E-state index < -0.39 is 0 Å². The van der Waals surface area contributed by atoms with Crippen LogP contribution in [0, 0.1) is 5.82 Å². The van der Waals surface area contributed by atoms with Crippen LogP contribution in [0.25, 0.3) is 5.57 Å². The molecule has 0 unspecified atom stereocenters. The smallest absolute Gasteiger partial charge is 0.277 e. The van der Waals surface area contributed by atoms with Crippen LogP contribution < -0.4 is 4.90 Å². The number of benzene rings is 1. The molecule has 6 nitrogen and oxygen atoms in total. The Hall–Kier alpha value is -3.22. The van der Waals surface area contributed by atoms with Crippen molar-refractivity contribution in [3.63, 3.8) is 0 Å². The van der Waals surface area contributed by atoms with Crippen molar-refractivity contribution in [3.8, 4) is 0 Å². The van der Waals surface area contributed by atoms with Crippen LogP contribution in [-0.4, -0.2) is 59.3 Å². The summed E-state index contributed by atoms with van der Waals surface area (Å²) in [7, 11) is 0. The number of carbonyl (C=O) groups excluding carboxylic acids is 2. The maximum atomic E-state index is 13.4. The molecular weight excluding hydrogens is 383 g/mol. The van der Waals surface area contributed by atoms with Gasteiger partial charge in [-0.15, -0.1) is 0 Å². The number of halogens is 1. The molecule has 1 aromatic carbocycles. The van der Waals surface area contributed by atoms with E-state index in [1.54, 1.807) is 18.3 Å². The highest BCUT2D eigenvalue weighted by molar-refractivity contribution is 6.35. The van der Waals surface area contributed by atoms with Crippen molar-refractivity contribution in [2.75, 3.05) is 37.6 Å². The van der Waals surface area contributed by atoms with Gasteiger partial charge in [0.05, 0.1) is 5.57 Å². The van der Waals surface area contributed by atoms with E-state index in [0.29, 0.717) is 49.6 Å². The number of carbonyl (C=O) groups is 2. The van der Waals surface area contributed by atoms with Gasteiger partial charge in [0.25, 0.3) is 11.8 Å². The molecule has 0 aliphatic carbocycles. The summed E-state index contributed by atoms with van der Waals surface area (Å²) in [5, 5.41) is 0. The first-order valence-corrected chi connectivity index (χ1v) is 10.4. The minimum Gasteiger partial charge on any atom is -0.363 e. The number of hydrogen-bond acceptors (Lipinski definition) is 5. The van der Waals surface area contributed by atoms with E-state index in [0.717, 1.165) is 18.7 Å². The molecule has 1 saturated heterocycles. The summed E-state index contributed by atoms with van der Waals surface area (Å²) in [6, 6.07) is 11.6. The summed E-state index contributed by atoms with van der Waals surface area (Å²) in [4.78, 5) is 36.3. The zero-order chi connectivity index (χ0) is 21.1. The molecule has 2 aliphatic heterocycles. The van der Waals surface area contributed by atoms with Gasteiger partial charge in [0, 0.05) is 38.9 Å². The average molecular weight is 408 g/mol. The summed E-state index contributed by atoms with van der Waals surface area (Å²) in [5.74, 6) is -0.00551. The second-order valence-electron chi connectivity index (χ2n) is 7.51. The first-order valence-electron chi connectivity index (χ1n) is 10.4. The third-order valence-electron chi connectivity index (χ3n) is 5.58. The number of anilines is 1. The fraction of sp³-hybridized carbons (Fsp3) is 0.348. The van der Waals surface area contributed by atoms with E-state index in [1.807, 2.05) is 30.0 Å². The fourth-order valence-electron chi connectivity index (χ4n) is 3.95. The highest BCUT2D eigenvalue weighted by Crippen LogP contribution is 2.32. The molecule has 30 heavy (non-hydrogen) atoms. The van der Waals surface area contributed by atoms with Crippen molar-refractivity contribution in [1.82, 2.24) is 14.8 Å². The normalized spacial score (nSPS) is 17.3. The molecule has 0 spiro atoms. The maximum absolute atomic E-state index is 13.4. The minimum absolute atomic E-state index is 0.251. The highest BCUT2D eigenvalue weighted by Gasteiger charge is 2.41. The first kappa shape index (κ1) is 20.1. The van der Waals surface area contributed by atoms with Crippen molar-refractivity contribution < 1.29 is 14.0 Å². The van der Waals surface area contributed by atoms with Gasteiger partial charge >= 0.3 is 0 Å². The molecule has 0 bridgehead atoms.